The molecule has 1 saturated heterocycles. The number of hydrogen-bond acceptors (Lipinski definition) is 3. The molecule has 4 heteroatoms. The predicted molar refractivity (Wildman–Crippen MR) is 89.8 cm³/mol. The first-order valence-corrected chi connectivity index (χ1v) is 9.48. The van der Waals surface area contributed by atoms with E-state index in [2.05, 4.69) is 0 Å². The Morgan fingerprint density at radius 3 is 2.00 bits per heavy atom. The van der Waals surface area contributed by atoms with Crippen molar-refractivity contribution in [2.45, 2.75) is 16.6 Å². The highest BCUT2D eigenvalue weighted by atomic mass is 32.2. The van der Waals surface area contributed by atoms with E-state index in [1.54, 1.807) is 11.8 Å². The molecule has 0 spiro atoms. The second kappa shape index (κ2) is 6.34. The van der Waals surface area contributed by atoms with Gasteiger partial charge >= 0.3 is 0 Å². The maximum Gasteiger partial charge on any atom is 0.138 e. The Morgan fingerprint density at radius 1 is 1.00 bits per heavy atom. The summed E-state index contributed by atoms with van der Waals surface area (Å²) in [5.74, 6) is 1.61. The minimum Gasteiger partial charge on any atom is -0.378 e. The first-order chi connectivity index (χ1) is 10.2. The number of thioether (sulfide) groups is 1. The lowest BCUT2D eigenvalue weighted by Gasteiger charge is -2.38. The van der Waals surface area contributed by atoms with Crippen LogP contribution in [0.15, 0.2) is 60.7 Å². The van der Waals surface area contributed by atoms with Crippen molar-refractivity contribution in [2.24, 2.45) is 0 Å². The lowest BCUT2D eigenvalue weighted by atomic mass is 9.88. The summed E-state index contributed by atoms with van der Waals surface area (Å²) in [5, 5.41) is 11.5. The third-order valence-corrected chi connectivity index (χ3v) is 7.50. The largest absolute Gasteiger partial charge is 0.378 e. The summed E-state index contributed by atoms with van der Waals surface area (Å²) in [5.41, 5.74) is 0.409. The molecule has 0 aromatic heterocycles. The van der Waals surface area contributed by atoms with Crippen molar-refractivity contribution in [3.05, 3.63) is 71.8 Å². The van der Waals surface area contributed by atoms with Crippen molar-refractivity contribution in [3.63, 3.8) is 0 Å². The minimum atomic E-state index is -1.21. The van der Waals surface area contributed by atoms with Crippen LogP contribution in [0.1, 0.15) is 17.5 Å². The monoisotopic (exact) mass is 318 g/mol. The van der Waals surface area contributed by atoms with Crippen LogP contribution in [0, 0.1) is 0 Å². The molecule has 1 fully saturated rings. The third kappa shape index (κ3) is 2.80. The summed E-state index contributed by atoms with van der Waals surface area (Å²) in [6, 6.07) is 19.2. The van der Waals surface area contributed by atoms with Gasteiger partial charge in [0, 0.05) is 16.6 Å². The first-order valence-electron chi connectivity index (χ1n) is 7.05. The van der Waals surface area contributed by atoms with E-state index in [0.29, 0.717) is 5.75 Å². The molecule has 1 N–H and O–H groups in total. The molecule has 2 aromatic rings. The molecule has 0 radical (unpaired) electrons. The minimum absolute atomic E-state index is 0.323. The lowest BCUT2D eigenvalue weighted by molar-refractivity contribution is 0.0978. The highest BCUT2D eigenvalue weighted by Crippen LogP contribution is 2.42. The summed E-state index contributed by atoms with van der Waals surface area (Å²) in [4.78, 5) is 0. The average Bonchev–Trinajstić information content (AvgIpc) is 2.56. The van der Waals surface area contributed by atoms with E-state index < -0.39 is 16.4 Å². The Balaban J connectivity index is 2.13. The van der Waals surface area contributed by atoms with E-state index in [4.69, 9.17) is 0 Å². The van der Waals surface area contributed by atoms with E-state index in [1.165, 1.54) is 0 Å². The molecule has 21 heavy (non-hydrogen) atoms. The van der Waals surface area contributed by atoms with Crippen molar-refractivity contribution in [1.82, 2.24) is 0 Å². The number of rotatable bonds is 3. The van der Waals surface area contributed by atoms with Crippen molar-refractivity contribution in [1.29, 1.82) is 0 Å². The third-order valence-electron chi connectivity index (χ3n) is 3.77. The predicted octanol–water partition coefficient (Wildman–Crippen LogP) is 3.13. The summed E-state index contributed by atoms with van der Waals surface area (Å²) < 4.78 is 12.2. The Kier molecular flexibility index (Phi) is 4.48. The van der Waals surface area contributed by atoms with Crippen LogP contribution in [0.25, 0.3) is 0 Å². The van der Waals surface area contributed by atoms with E-state index in [-0.39, 0.29) is 4.58 Å². The second-order valence-corrected chi connectivity index (χ2v) is 8.29. The van der Waals surface area contributed by atoms with Crippen LogP contribution >= 0.6 is 11.8 Å². The number of hydrogen-bond donors (Lipinski definition) is 1. The summed E-state index contributed by atoms with van der Waals surface area (Å²) in [6.45, 7) is 0. The Labute approximate surface area is 132 Å². The van der Waals surface area contributed by atoms with Crippen molar-refractivity contribution in [2.75, 3.05) is 11.5 Å². The van der Waals surface area contributed by atoms with E-state index in [9.17, 15) is 9.32 Å². The molecule has 110 valence electrons. The summed E-state index contributed by atoms with van der Waals surface area (Å²) in [7, 11) is -1.04. The van der Waals surface area contributed by atoms with Gasteiger partial charge < -0.3 is 5.11 Å². The molecule has 1 unspecified atom stereocenters. The molecule has 0 aliphatic carbocycles. The molecule has 0 amide bonds. The molecule has 1 aliphatic heterocycles. The van der Waals surface area contributed by atoms with Gasteiger partial charge in [-0.05, 0) is 23.3 Å². The van der Waals surface area contributed by atoms with Crippen LogP contribution in [0.5, 0.6) is 0 Å². The highest BCUT2D eigenvalue weighted by Gasteiger charge is 2.44. The maximum atomic E-state index is 12.5. The standard InChI is InChI=1S/C17H18O2S2/c18-17(14-8-3-1-4-9-14,15-10-5-2-6-11-15)16-20-12-7-13-21(16)19/h1-6,8-11,16,18H,7,12-13H2/t16-,21?/m1/s1. The van der Waals surface area contributed by atoms with Gasteiger partial charge in [0.15, 0.2) is 0 Å². The molecule has 2 nitrogen and oxygen atoms in total. The molecule has 1 aliphatic rings. The molecule has 0 bridgehead atoms. The van der Waals surface area contributed by atoms with Crippen LogP contribution in [-0.4, -0.2) is 25.4 Å². The van der Waals surface area contributed by atoms with Gasteiger partial charge in [0.25, 0.3) is 0 Å². The quantitative estimate of drug-likeness (QED) is 0.945. The highest BCUT2D eigenvalue weighted by molar-refractivity contribution is 8.12. The Morgan fingerprint density at radius 2 is 1.52 bits per heavy atom. The molecule has 3 rings (SSSR count). The molecule has 2 aromatic carbocycles. The Bertz CT molecular complexity index is 574. The smallest absolute Gasteiger partial charge is 0.138 e. The zero-order valence-corrected chi connectivity index (χ0v) is 13.3. The fourth-order valence-corrected chi connectivity index (χ4v) is 6.41. The topological polar surface area (TPSA) is 37.3 Å². The fraction of sp³-hybridized carbons (Fsp3) is 0.294. The molecular weight excluding hydrogens is 300 g/mol. The Hall–Kier alpha value is -1.10. The van der Waals surface area contributed by atoms with E-state index in [1.807, 2.05) is 60.7 Å². The van der Waals surface area contributed by atoms with Gasteiger partial charge in [-0.1, -0.05) is 60.7 Å². The SMILES string of the molecule is O=S1CCCS[C@H]1C(O)(c1ccccc1)c1ccccc1. The normalized spacial score (nSPS) is 22.9. The molecule has 0 saturated carbocycles. The summed E-state index contributed by atoms with van der Waals surface area (Å²) >= 11 is 1.62. The van der Waals surface area contributed by atoms with Crippen LogP contribution in [0.2, 0.25) is 0 Å². The maximum absolute atomic E-state index is 12.5. The van der Waals surface area contributed by atoms with E-state index >= 15 is 0 Å². The zero-order chi connectivity index (χ0) is 14.7. The average molecular weight is 318 g/mol. The van der Waals surface area contributed by atoms with E-state index in [0.717, 1.165) is 23.3 Å². The van der Waals surface area contributed by atoms with Gasteiger partial charge in [0.05, 0.1) is 0 Å². The number of benzene rings is 2. The van der Waals surface area contributed by atoms with Crippen molar-refractivity contribution >= 4 is 22.6 Å². The van der Waals surface area contributed by atoms with Crippen molar-refractivity contribution < 1.29 is 9.32 Å². The van der Waals surface area contributed by atoms with Gasteiger partial charge in [0.2, 0.25) is 0 Å². The molecule has 1 heterocycles. The van der Waals surface area contributed by atoms with Gasteiger partial charge in [-0.25, -0.2) is 0 Å². The molecular formula is C17H18O2S2. The van der Waals surface area contributed by atoms with Gasteiger partial charge in [-0.3, -0.25) is 4.21 Å². The van der Waals surface area contributed by atoms with Gasteiger partial charge in [-0.15, -0.1) is 11.8 Å². The first kappa shape index (κ1) is 14.8. The number of aliphatic hydroxyl groups is 1. The van der Waals surface area contributed by atoms with Crippen molar-refractivity contribution in [3.8, 4) is 0 Å². The van der Waals surface area contributed by atoms with Gasteiger partial charge in [-0.2, -0.15) is 0 Å². The second-order valence-electron chi connectivity index (χ2n) is 5.14. The van der Waals surface area contributed by atoms with Gasteiger partial charge in [0.1, 0.15) is 10.2 Å². The van der Waals surface area contributed by atoms with Crippen LogP contribution < -0.4 is 0 Å². The van der Waals surface area contributed by atoms with Crippen LogP contribution in [-0.2, 0) is 16.4 Å². The van der Waals surface area contributed by atoms with Crippen LogP contribution in [0.3, 0.4) is 0 Å². The van der Waals surface area contributed by atoms with Crippen LogP contribution in [0.4, 0.5) is 0 Å². The fourth-order valence-electron chi connectivity index (χ4n) is 2.71. The lowest BCUT2D eigenvalue weighted by Crippen LogP contribution is -2.43. The molecule has 2 atom stereocenters. The summed E-state index contributed by atoms with van der Waals surface area (Å²) in [6.07, 6.45) is 0.952. The zero-order valence-electron chi connectivity index (χ0n) is 11.6.